The molecule has 220 valence electrons. The largest absolute Gasteiger partial charge is 0.494 e. The number of Topliss-reactive ketones (excluding diaryl/α,β-unsaturated/α-hetero) is 1. The van der Waals surface area contributed by atoms with Crippen molar-refractivity contribution in [1.82, 2.24) is 10.6 Å². The molecule has 12 heteroatoms. The zero-order valence-electron chi connectivity index (χ0n) is 23.0. The molecule has 0 heterocycles. The van der Waals surface area contributed by atoms with Crippen LogP contribution >= 0.6 is 11.8 Å². The lowest BCUT2D eigenvalue weighted by atomic mass is 10.0. The van der Waals surface area contributed by atoms with E-state index >= 15 is 0 Å². The number of hydrogen-bond acceptors (Lipinski definition) is 8. The number of allylic oxidation sites excluding steroid dienone is 1. The van der Waals surface area contributed by atoms with E-state index in [-0.39, 0.29) is 23.6 Å². The first kappa shape index (κ1) is 32.9. The molecule has 0 aliphatic rings. The summed E-state index contributed by atoms with van der Waals surface area (Å²) in [5, 5.41) is 23.1. The maximum atomic E-state index is 13.1. The van der Waals surface area contributed by atoms with E-state index in [0.29, 0.717) is 29.7 Å². The molecule has 0 spiro atoms. The Hall–Kier alpha value is -4.32. The summed E-state index contributed by atoms with van der Waals surface area (Å²) in [7, 11) is 0. The number of amides is 2. The summed E-state index contributed by atoms with van der Waals surface area (Å²) in [6.45, 7) is 4.90. The van der Waals surface area contributed by atoms with Gasteiger partial charge in [-0.05, 0) is 36.6 Å². The van der Waals surface area contributed by atoms with Crippen molar-refractivity contribution in [1.29, 1.82) is 0 Å². The summed E-state index contributed by atoms with van der Waals surface area (Å²) in [5.74, 6) is -3.77. The van der Waals surface area contributed by atoms with Crippen LogP contribution in [0.3, 0.4) is 0 Å². The van der Waals surface area contributed by atoms with Crippen LogP contribution in [-0.4, -0.2) is 64.8 Å². The number of benzene rings is 2. The third-order valence-corrected chi connectivity index (χ3v) is 6.49. The number of carboxylic acids is 2. The van der Waals surface area contributed by atoms with Gasteiger partial charge in [-0.3, -0.25) is 14.4 Å². The molecule has 1 atom stereocenters. The van der Waals surface area contributed by atoms with Crippen molar-refractivity contribution in [2.75, 3.05) is 19.0 Å². The summed E-state index contributed by atoms with van der Waals surface area (Å²) >= 11 is 1.28. The number of ketones is 1. The van der Waals surface area contributed by atoms with E-state index in [4.69, 9.17) is 14.6 Å². The molecule has 0 aliphatic carbocycles. The molecule has 41 heavy (non-hydrogen) atoms. The van der Waals surface area contributed by atoms with Crippen LogP contribution in [0.1, 0.15) is 31.9 Å². The Kier molecular flexibility index (Phi) is 13.4. The Balaban J connectivity index is 2.10. The summed E-state index contributed by atoms with van der Waals surface area (Å²) < 4.78 is 10.8. The van der Waals surface area contributed by atoms with Crippen molar-refractivity contribution in [2.24, 2.45) is 5.92 Å². The Morgan fingerprint density at radius 3 is 2.32 bits per heavy atom. The maximum Gasteiger partial charge on any atom is 0.341 e. The van der Waals surface area contributed by atoms with Crippen molar-refractivity contribution in [3.8, 4) is 11.5 Å². The van der Waals surface area contributed by atoms with E-state index in [1.165, 1.54) is 23.9 Å². The van der Waals surface area contributed by atoms with Gasteiger partial charge in [0.15, 0.2) is 12.4 Å². The van der Waals surface area contributed by atoms with Gasteiger partial charge in [-0.1, -0.05) is 44.2 Å². The fourth-order valence-electron chi connectivity index (χ4n) is 3.59. The molecule has 2 amide bonds. The number of nitrogens with one attached hydrogen (secondary N) is 2. The standard InChI is InChI=1S/C29H34N2O9S/c1-4-39-24-11-10-21(40-15-27(36)37)12-20(24)13-25(33)31-28(18(2)3)29(38)30-22(14-26(34)35)23(32)17-41-16-19-8-6-5-7-9-19/h5-12,14,18,28H,4,13,15-17H2,1-3H3,(H,30,38)(H,31,33)(H,34,35)(H,36,37)/b22-14+/t28-/m0/s1. The molecule has 0 aromatic heterocycles. The molecule has 2 aromatic rings. The number of carboxylic acid groups (broad SMARTS) is 2. The van der Waals surface area contributed by atoms with Crippen LogP contribution in [0.25, 0.3) is 0 Å². The van der Waals surface area contributed by atoms with Crippen LogP contribution in [0.5, 0.6) is 11.5 Å². The second-order valence-electron chi connectivity index (χ2n) is 9.14. The molecular weight excluding hydrogens is 552 g/mol. The minimum atomic E-state index is -1.40. The summed E-state index contributed by atoms with van der Waals surface area (Å²) in [6.07, 6.45) is 0.419. The molecule has 2 aromatic carbocycles. The monoisotopic (exact) mass is 586 g/mol. The van der Waals surface area contributed by atoms with Gasteiger partial charge in [-0.2, -0.15) is 0 Å². The zero-order valence-corrected chi connectivity index (χ0v) is 23.9. The molecule has 0 bridgehead atoms. The molecule has 0 radical (unpaired) electrons. The Morgan fingerprint density at radius 2 is 1.71 bits per heavy atom. The molecule has 11 nitrogen and oxygen atoms in total. The van der Waals surface area contributed by atoms with Crippen LogP contribution in [0.15, 0.2) is 60.3 Å². The maximum absolute atomic E-state index is 13.1. The second-order valence-corrected chi connectivity index (χ2v) is 10.1. The SMILES string of the molecule is CCOc1ccc(OCC(=O)O)cc1CC(=O)N[C@H](C(=O)N/C(=C/C(=O)O)C(=O)CSCc1ccccc1)C(C)C. The minimum Gasteiger partial charge on any atom is -0.494 e. The molecule has 0 fully saturated rings. The predicted molar refractivity (Wildman–Crippen MR) is 153 cm³/mol. The first-order valence-electron chi connectivity index (χ1n) is 12.8. The number of carbonyl (C=O) groups excluding carboxylic acids is 3. The quantitative estimate of drug-likeness (QED) is 0.202. The predicted octanol–water partition coefficient (Wildman–Crippen LogP) is 2.82. The van der Waals surface area contributed by atoms with Gasteiger partial charge in [0.05, 0.1) is 30.6 Å². The smallest absolute Gasteiger partial charge is 0.341 e. The van der Waals surface area contributed by atoms with Crippen molar-refractivity contribution in [2.45, 2.75) is 39.0 Å². The normalized spacial score (nSPS) is 11.9. The van der Waals surface area contributed by atoms with Crippen LogP contribution in [0, 0.1) is 5.92 Å². The summed E-state index contributed by atoms with van der Waals surface area (Å²) in [4.78, 5) is 61.1. The van der Waals surface area contributed by atoms with Gasteiger partial charge in [0.1, 0.15) is 17.5 Å². The van der Waals surface area contributed by atoms with Gasteiger partial charge in [0, 0.05) is 11.3 Å². The fraction of sp³-hybridized carbons (Fsp3) is 0.345. The van der Waals surface area contributed by atoms with Crippen molar-refractivity contribution >= 4 is 41.3 Å². The van der Waals surface area contributed by atoms with E-state index in [2.05, 4.69) is 10.6 Å². The summed E-state index contributed by atoms with van der Waals surface area (Å²) in [5.41, 5.74) is 1.02. The Morgan fingerprint density at radius 1 is 1.00 bits per heavy atom. The van der Waals surface area contributed by atoms with Gasteiger partial charge in [-0.25, -0.2) is 9.59 Å². The first-order chi connectivity index (χ1) is 19.5. The van der Waals surface area contributed by atoms with E-state index < -0.39 is 48.1 Å². The Labute approximate surface area is 242 Å². The van der Waals surface area contributed by atoms with E-state index in [0.717, 1.165) is 5.56 Å². The molecule has 4 N–H and O–H groups in total. The third kappa shape index (κ3) is 11.8. The van der Waals surface area contributed by atoms with E-state index in [1.807, 2.05) is 30.3 Å². The second kappa shape index (κ2) is 16.7. The average molecular weight is 587 g/mol. The topological polar surface area (TPSA) is 168 Å². The van der Waals surface area contributed by atoms with Crippen molar-refractivity contribution < 1.29 is 43.7 Å². The number of thioether (sulfide) groups is 1. The van der Waals surface area contributed by atoms with Gasteiger partial charge in [0.25, 0.3) is 0 Å². The van der Waals surface area contributed by atoms with Gasteiger partial charge >= 0.3 is 11.9 Å². The average Bonchev–Trinajstić information content (AvgIpc) is 2.91. The molecule has 0 saturated carbocycles. The molecule has 2 rings (SSSR count). The first-order valence-corrected chi connectivity index (χ1v) is 14.0. The lowest BCUT2D eigenvalue weighted by Gasteiger charge is -2.22. The lowest BCUT2D eigenvalue weighted by Crippen LogP contribution is -2.50. The Bertz CT molecular complexity index is 1260. The van der Waals surface area contributed by atoms with Gasteiger partial charge < -0.3 is 30.3 Å². The molecule has 0 unspecified atom stereocenters. The highest BCUT2D eigenvalue weighted by atomic mass is 32.2. The van der Waals surface area contributed by atoms with Crippen LogP contribution in [0.2, 0.25) is 0 Å². The van der Waals surface area contributed by atoms with Crippen LogP contribution < -0.4 is 20.1 Å². The summed E-state index contributed by atoms with van der Waals surface area (Å²) in [6, 6.07) is 12.9. The number of aliphatic carboxylic acids is 2. The van der Waals surface area contributed by atoms with Crippen LogP contribution in [0.4, 0.5) is 0 Å². The molecular formula is C29H34N2O9S. The molecule has 0 saturated heterocycles. The van der Waals surface area contributed by atoms with Crippen molar-refractivity contribution in [3.63, 3.8) is 0 Å². The van der Waals surface area contributed by atoms with Crippen molar-refractivity contribution in [3.05, 3.63) is 71.4 Å². The highest BCUT2D eigenvalue weighted by Crippen LogP contribution is 2.25. The highest BCUT2D eigenvalue weighted by Gasteiger charge is 2.27. The number of ether oxygens (including phenoxy) is 2. The van der Waals surface area contributed by atoms with Gasteiger partial charge in [0.2, 0.25) is 11.8 Å². The van der Waals surface area contributed by atoms with E-state index in [1.54, 1.807) is 26.8 Å². The van der Waals surface area contributed by atoms with E-state index in [9.17, 15) is 29.1 Å². The minimum absolute atomic E-state index is 0.0620. The van der Waals surface area contributed by atoms with Crippen LogP contribution in [-0.2, 0) is 36.1 Å². The number of carbonyl (C=O) groups is 5. The lowest BCUT2D eigenvalue weighted by molar-refractivity contribution is -0.139. The zero-order chi connectivity index (χ0) is 30.4. The highest BCUT2D eigenvalue weighted by molar-refractivity contribution is 7.99. The van der Waals surface area contributed by atoms with Gasteiger partial charge in [-0.15, -0.1) is 11.8 Å². The number of rotatable bonds is 17. The third-order valence-electron chi connectivity index (χ3n) is 5.48. The molecule has 0 aliphatic heterocycles. The fourth-order valence-corrected chi connectivity index (χ4v) is 4.46. The number of hydrogen-bond donors (Lipinski definition) is 4.